The van der Waals surface area contributed by atoms with Crippen molar-refractivity contribution in [1.82, 2.24) is 4.98 Å². The third-order valence-electron chi connectivity index (χ3n) is 3.77. The highest BCUT2D eigenvalue weighted by Gasteiger charge is 2.01. The molecule has 3 nitrogen and oxygen atoms in total. The summed E-state index contributed by atoms with van der Waals surface area (Å²) in [5, 5.41) is 3.28. The van der Waals surface area contributed by atoms with E-state index in [-0.39, 0.29) is 0 Å². The molecule has 2 rings (SSSR count). The van der Waals surface area contributed by atoms with E-state index in [0.29, 0.717) is 6.61 Å². The predicted octanol–water partition coefficient (Wildman–Crippen LogP) is 4.55. The predicted molar refractivity (Wildman–Crippen MR) is 92.4 cm³/mol. The summed E-state index contributed by atoms with van der Waals surface area (Å²) in [7, 11) is 0. The molecule has 1 atom stereocenters. The van der Waals surface area contributed by atoms with E-state index in [0.717, 1.165) is 36.9 Å². The number of hydrogen-bond donors (Lipinski definition) is 1. The summed E-state index contributed by atoms with van der Waals surface area (Å²) in [4.78, 5) is 4.22. The smallest absolute Gasteiger partial charge is 0.125 e. The van der Waals surface area contributed by atoms with Crippen molar-refractivity contribution in [3.63, 3.8) is 0 Å². The van der Waals surface area contributed by atoms with Gasteiger partial charge in [0, 0.05) is 12.7 Å². The molecule has 1 N–H and O–H groups in total. The number of benzene rings is 1. The van der Waals surface area contributed by atoms with Gasteiger partial charge in [-0.05, 0) is 48.6 Å². The zero-order chi connectivity index (χ0) is 15.6. The van der Waals surface area contributed by atoms with Crippen LogP contribution in [0.25, 0.3) is 0 Å². The van der Waals surface area contributed by atoms with Crippen LogP contribution >= 0.6 is 0 Å². The number of ether oxygens (including phenoxy) is 1. The topological polar surface area (TPSA) is 34.1 Å². The summed E-state index contributed by atoms with van der Waals surface area (Å²) >= 11 is 0. The maximum atomic E-state index is 5.77. The average molecular weight is 298 g/mol. The van der Waals surface area contributed by atoms with Gasteiger partial charge in [0.05, 0.1) is 6.61 Å². The maximum Gasteiger partial charge on any atom is 0.125 e. The molecule has 22 heavy (non-hydrogen) atoms. The molecule has 0 aliphatic rings. The second kappa shape index (κ2) is 9.08. The maximum absolute atomic E-state index is 5.77. The molecule has 3 heteroatoms. The molecule has 1 aromatic heterocycles. The van der Waals surface area contributed by atoms with Gasteiger partial charge in [0.1, 0.15) is 11.6 Å². The normalized spacial score (nSPS) is 11.9. The first kappa shape index (κ1) is 16.3. The third-order valence-corrected chi connectivity index (χ3v) is 3.77. The SMILES string of the molecule is CCC(C)Cc1ccc(OCCCNc2ccccn2)cc1. The number of anilines is 1. The Kier molecular flexibility index (Phi) is 6.75. The van der Waals surface area contributed by atoms with Crippen LogP contribution in [0.1, 0.15) is 32.3 Å². The van der Waals surface area contributed by atoms with Gasteiger partial charge < -0.3 is 10.1 Å². The minimum absolute atomic E-state index is 0.713. The highest BCUT2D eigenvalue weighted by molar-refractivity contribution is 5.32. The number of nitrogens with one attached hydrogen (secondary N) is 1. The molecule has 2 aromatic rings. The van der Waals surface area contributed by atoms with E-state index >= 15 is 0 Å². The molecule has 1 unspecified atom stereocenters. The van der Waals surface area contributed by atoms with Gasteiger partial charge in [-0.25, -0.2) is 4.98 Å². The summed E-state index contributed by atoms with van der Waals surface area (Å²) in [5.74, 6) is 2.60. The summed E-state index contributed by atoms with van der Waals surface area (Å²) < 4.78 is 5.77. The van der Waals surface area contributed by atoms with E-state index in [1.165, 1.54) is 12.0 Å². The van der Waals surface area contributed by atoms with Crippen molar-refractivity contribution in [2.45, 2.75) is 33.1 Å². The molecule has 0 spiro atoms. The molecular formula is C19H26N2O. The fraction of sp³-hybridized carbons (Fsp3) is 0.421. The highest BCUT2D eigenvalue weighted by Crippen LogP contribution is 2.16. The summed E-state index contributed by atoms with van der Waals surface area (Å²) in [6.07, 6.45) is 5.11. The number of nitrogens with zero attached hydrogens (tertiary/aromatic N) is 1. The highest BCUT2D eigenvalue weighted by atomic mass is 16.5. The van der Waals surface area contributed by atoms with Crippen molar-refractivity contribution in [3.05, 3.63) is 54.2 Å². The number of aromatic nitrogens is 1. The molecule has 0 radical (unpaired) electrons. The van der Waals surface area contributed by atoms with Crippen molar-refractivity contribution in [3.8, 4) is 5.75 Å². The van der Waals surface area contributed by atoms with E-state index < -0.39 is 0 Å². The second-order valence-corrected chi connectivity index (χ2v) is 5.71. The number of rotatable bonds is 9. The zero-order valence-corrected chi connectivity index (χ0v) is 13.6. The third kappa shape index (κ3) is 5.76. The molecular weight excluding hydrogens is 272 g/mol. The van der Waals surface area contributed by atoms with Gasteiger partial charge >= 0.3 is 0 Å². The minimum atomic E-state index is 0.713. The fourth-order valence-electron chi connectivity index (χ4n) is 2.21. The van der Waals surface area contributed by atoms with E-state index in [4.69, 9.17) is 4.74 Å². The largest absolute Gasteiger partial charge is 0.494 e. The molecule has 0 fully saturated rings. The van der Waals surface area contributed by atoms with Crippen molar-refractivity contribution in [2.24, 2.45) is 5.92 Å². The minimum Gasteiger partial charge on any atom is -0.494 e. The van der Waals surface area contributed by atoms with Crippen LogP contribution in [0.15, 0.2) is 48.7 Å². The first-order chi connectivity index (χ1) is 10.8. The Morgan fingerprint density at radius 3 is 2.64 bits per heavy atom. The first-order valence-electron chi connectivity index (χ1n) is 8.14. The lowest BCUT2D eigenvalue weighted by atomic mass is 9.99. The van der Waals surface area contributed by atoms with Gasteiger partial charge in [0.15, 0.2) is 0 Å². The Balaban J connectivity index is 1.64. The Hall–Kier alpha value is -2.03. The summed E-state index contributed by atoms with van der Waals surface area (Å²) in [5.41, 5.74) is 1.39. The van der Waals surface area contributed by atoms with Crippen LogP contribution in [-0.4, -0.2) is 18.1 Å². The number of pyridine rings is 1. The van der Waals surface area contributed by atoms with Gasteiger partial charge in [-0.3, -0.25) is 0 Å². The molecule has 0 bridgehead atoms. The van der Waals surface area contributed by atoms with Crippen LogP contribution in [0, 0.1) is 5.92 Å². The Labute approximate surface area is 133 Å². The molecule has 118 valence electrons. The van der Waals surface area contributed by atoms with Gasteiger partial charge in [0.25, 0.3) is 0 Å². The quantitative estimate of drug-likeness (QED) is 0.690. The molecule has 1 heterocycles. The van der Waals surface area contributed by atoms with Crippen molar-refractivity contribution >= 4 is 5.82 Å². The lowest BCUT2D eigenvalue weighted by Gasteiger charge is -2.10. The zero-order valence-electron chi connectivity index (χ0n) is 13.6. The number of hydrogen-bond acceptors (Lipinski definition) is 3. The standard InChI is InChI=1S/C19H26N2O/c1-3-16(2)15-17-8-10-18(11-9-17)22-14-6-13-21-19-7-4-5-12-20-19/h4-5,7-12,16H,3,6,13-15H2,1-2H3,(H,20,21). The van der Waals surface area contributed by atoms with Gasteiger partial charge in [-0.1, -0.05) is 38.5 Å². The average Bonchev–Trinajstić information content (AvgIpc) is 2.57. The molecule has 0 saturated carbocycles. The van der Waals surface area contributed by atoms with Crippen LogP contribution in [-0.2, 0) is 6.42 Å². The monoisotopic (exact) mass is 298 g/mol. The van der Waals surface area contributed by atoms with E-state index in [1.54, 1.807) is 6.20 Å². The fourth-order valence-corrected chi connectivity index (χ4v) is 2.21. The Morgan fingerprint density at radius 2 is 1.95 bits per heavy atom. The Morgan fingerprint density at radius 1 is 1.14 bits per heavy atom. The second-order valence-electron chi connectivity index (χ2n) is 5.71. The molecule has 0 amide bonds. The van der Waals surface area contributed by atoms with Crippen molar-refractivity contribution < 1.29 is 4.74 Å². The lowest BCUT2D eigenvalue weighted by molar-refractivity contribution is 0.315. The van der Waals surface area contributed by atoms with E-state index in [9.17, 15) is 0 Å². The van der Waals surface area contributed by atoms with Crippen LogP contribution in [0.4, 0.5) is 5.82 Å². The summed E-state index contributed by atoms with van der Waals surface area (Å²) in [6, 6.07) is 14.4. The molecule has 0 aliphatic heterocycles. The molecule has 0 saturated heterocycles. The van der Waals surface area contributed by atoms with Crippen LogP contribution in [0.5, 0.6) is 5.75 Å². The van der Waals surface area contributed by atoms with Gasteiger partial charge in [-0.15, -0.1) is 0 Å². The van der Waals surface area contributed by atoms with Gasteiger partial charge in [0.2, 0.25) is 0 Å². The van der Waals surface area contributed by atoms with E-state index in [1.807, 2.05) is 18.2 Å². The summed E-state index contributed by atoms with van der Waals surface area (Å²) in [6.45, 7) is 6.10. The van der Waals surface area contributed by atoms with Crippen molar-refractivity contribution in [2.75, 3.05) is 18.5 Å². The first-order valence-corrected chi connectivity index (χ1v) is 8.14. The Bertz CT molecular complexity index is 525. The van der Waals surface area contributed by atoms with Crippen molar-refractivity contribution in [1.29, 1.82) is 0 Å². The van der Waals surface area contributed by atoms with Crippen LogP contribution in [0.2, 0.25) is 0 Å². The molecule has 0 aliphatic carbocycles. The van der Waals surface area contributed by atoms with Crippen LogP contribution < -0.4 is 10.1 Å². The van der Waals surface area contributed by atoms with E-state index in [2.05, 4.69) is 48.4 Å². The lowest BCUT2D eigenvalue weighted by Crippen LogP contribution is -2.08. The van der Waals surface area contributed by atoms with Gasteiger partial charge in [-0.2, -0.15) is 0 Å². The molecule has 1 aromatic carbocycles. The van der Waals surface area contributed by atoms with Crippen LogP contribution in [0.3, 0.4) is 0 Å².